The minimum Gasteiger partial charge on any atom is -0.495 e. The summed E-state index contributed by atoms with van der Waals surface area (Å²) in [7, 11) is 3.21. The zero-order chi connectivity index (χ0) is 21.8. The number of thiophene rings is 1. The molecule has 0 atom stereocenters. The molecule has 3 aromatic rings. The van der Waals surface area contributed by atoms with Crippen LogP contribution in [0.3, 0.4) is 0 Å². The van der Waals surface area contributed by atoms with E-state index in [9.17, 15) is 9.59 Å². The topological polar surface area (TPSA) is 82.4 Å². The zero-order valence-corrected chi connectivity index (χ0v) is 19.2. The van der Waals surface area contributed by atoms with Gasteiger partial charge in [0.05, 0.1) is 23.9 Å². The lowest BCUT2D eigenvalue weighted by Crippen LogP contribution is -2.25. The van der Waals surface area contributed by atoms with Gasteiger partial charge in [-0.2, -0.15) is 0 Å². The summed E-state index contributed by atoms with van der Waals surface area (Å²) in [4.78, 5) is 32.8. The molecular weight excluding hydrogens is 434 g/mol. The van der Waals surface area contributed by atoms with Crippen LogP contribution in [0.2, 0.25) is 0 Å². The number of para-hydroxylation sites is 2. The summed E-state index contributed by atoms with van der Waals surface area (Å²) in [5.41, 5.74) is 1.78. The Hall–Kier alpha value is -2.36. The molecule has 1 aliphatic rings. The highest BCUT2D eigenvalue weighted by atomic mass is 32.2. The maximum Gasteiger partial charge on any atom is 0.263 e. The molecule has 0 spiro atoms. The molecule has 0 unspecified atom stereocenters. The number of fused-ring (bicyclic) bond motifs is 3. The van der Waals surface area contributed by atoms with Crippen molar-refractivity contribution in [1.82, 2.24) is 9.55 Å². The fourth-order valence-electron chi connectivity index (χ4n) is 3.80. The second-order valence-electron chi connectivity index (χ2n) is 7.27. The molecule has 0 saturated carbocycles. The maximum absolute atomic E-state index is 13.3. The van der Waals surface area contributed by atoms with Crippen molar-refractivity contribution in [3.63, 3.8) is 0 Å². The van der Waals surface area contributed by atoms with E-state index in [0.717, 1.165) is 29.5 Å². The van der Waals surface area contributed by atoms with Gasteiger partial charge < -0.3 is 14.8 Å². The average Bonchev–Trinajstić information content (AvgIpc) is 3.35. The molecule has 2 heterocycles. The van der Waals surface area contributed by atoms with Crippen molar-refractivity contribution in [2.75, 3.05) is 31.9 Å². The standard InChI is InChI=1S/C22H25N3O4S2/c1-28-12-6-11-25-21(27)19-14-7-5-10-17(14)31-20(19)24-22(25)30-13-18(26)23-15-8-3-4-9-16(15)29-2/h3-4,8-9H,5-7,10-13H2,1-2H3,(H,23,26). The van der Waals surface area contributed by atoms with E-state index in [1.54, 1.807) is 42.3 Å². The number of carbonyl (C=O) groups excluding carboxylic acids is 1. The number of nitrogens with one attached hydrogen (secondary N) is 1. The molecule has 4 rings (SSSR count). The molecule has 0 bridgehead atoms. The zero-order valence-electron chi connectivity index (χ0n) is 17.6. The smallest absolute Gasteiger partial charge is 0.263 e. The second-order valence-corrected chi connectivity index (χ2v) is 9.30. The number of aromatic nitrogens is 2. The summed E-state index contributed by atoms with van der Waals surface area (Å²) in [6.45, 7) is 1.07. The van der Waals surface area contributed by atoms with Gasteiger partial charge in [-0.3, -0.25) is 14.2 Å². The molecule has 1 N–H and O–H groups in total. The van der Waals surface area contributed by atoms with Gasteiger partial charge in [-0.05, 0) is 43.4 Å². The SMILES string of the molecule is COCCCn1c(SCC(=O)Nc2ccccc2OC)nc2sc3c(c2c1=O)CCC3. The molecule has 0 fully saturated rings. The highest BCUT2D eigenvalue weighted by Crippen LogP contribution is 2.35. The lowest BCUT2D eigenvalue weighted by atomic mass is 10.2. The van der Waals surface area contributed by atoms with Crippen LogP contribution in [0, 0.1) is 0 Å². The van der Waals surface area contributed by atoms with E-state index in [2.05, 4.69) is 5.32 Å². The fraction of sp³-hybridized carbons (Fsp3) is 0.409. The lowest BCUT2D eigenvalue weighted by molar-refractivity contribution is -0.113. The van der Waals surface area contributed by atoms with Crippen molar-refractivity contribution in [3.8, 4) is 5.75 Å². The molecule has 31 heavy (non-hydrogen) atoms. The molecule has 164 valence electrons. The normalized spacial score (nSPS) is 12.8. The third-order valence-corrected chi connectivity index (χ3v) is 7.40. The Morgan fingerprint density at radius 1 is 1.29 bits per heavy atom. The average molecular weight is 460 g/mol. The number of ether oxygens (including phenoxy) is 2. The number of amides is 1. The van der Waals surface area contributed by atoms with Gasteiger partial charge in [0.2, 0.25) is 5.91 Å². The summed E-state index contributed by atoms with van der Waals surface area (Å²) in [5.74, 6) is 0.566. The number of aryl methyl sites for hydroxylation is 2. The van der Waals surface area contributed by atoms with Crippen LogP contribution in [0.25, 0.3) is 10.2 Å². The van der Waals surface area contributed by atoms with Gasteiger partial charge in [-0.15, -0.1) is 11.3 Å². The first-order valence-corrected chi connectivity index (χ1v) is 12.0. The monoisotopic (exact) mass is 459 g/mol. The number of benzene rings is 1. The molecule has 0 radical (unpaired) electrons. The van der Waals surface area contributed by atoms with Crippen molar-refractivity contribution in [1.29, 1.82) is 0 Å². The Labute approximate surface area is 188 Å². The van der Waals surface area contributed by atoms with Crippen molar-refractivity contribution in [2.24, 2.45) is 0 Å². The van der Waals surface area contributed by atoms with Gasteiger partial charge in [0.25, 0.3) is 5.56 Å². The van der Waals surface area contributed by atoms with Gasteiger partial charge in [-0.1, -0.05) is 23.9 Å². The van der Waals surface area contributed by atoms with Gasteiger partial charge in [-0.25, -0.2) is 4.98 Å². The Morgan fingerprint density at radius 3 is 2.94 bits per heavy atom. The van der Waals surface area contributed by atoms with Crippen LogP contribution in [-0.2, 0) is 28.9 Å². The van der Waals surface area contributed by atoms with Crippen LogP contribution in [0.1, 0.15) is 23.3 Å². The molecule has 9 heteroatoms. The van der Waals surface area contributed by atoms with Crippen molar-refractivity contribution in [2.45, 2.75) is 37.4 Å². The predicted octanol–water partition coefficient (Wildman–Crippen LogP) is 3.72. The quantitative estimate of drug-likeness (QED) is 0.298. The van der Waals surface area contributed by atoms with E-state index in [1.165, 1.54) is 22.2 Å². The first-order valence-electron chi connectivity index (χ1n) is 10.2. The molecule has 1 aliphatic carbocycles. The number of methoxy groups -OCH3 is 2. The van der Waals surface area contributed by atoms with Gasteiger partial charge in [0.15, 0.2) is 5.16 Å². The van der Waals surface area contributed by atoms with E-state index in [4.69, 9.17) is 14.5 Å². The molecule has 2 aromatic heterocycles. The fourth-order valence-corrected chi connectivity index (χ4v) is 5.92. The predicted molar refractivity (Wildman–Crippen MR) is 125 cm³/mol. The van der Waals surface area contributed by atoms with Crippen LogP contribution in [0.5, 0.6) is 5.75 Å². The Morgan fingerprint density at radius 2 is 2.13 bits per heavy atom. The Kier molecular flexibility index (Phi) is 6.94. The lowest BCUT2D eigenvalue weighted by Gasteiger charge is -2.13. The van der Waals surface area contributed by atoms with Crippen LogP contribution < -0.4 is 15.6 Å². The third-order valence-electron chi connectivity index (χ3n) is 5.23. The van der Waals surface area contributed by atoms with E-state index in [-0.39, 0.29) is 17.2 Å². The maximum atomic E-state index is 13.3. The van der Waals surface area contributed by atoms with Crippen LogP contribution >= 0.6 is 23.1 Å². The molecule has 1 aromatic carbocycles. The van der Waals surface area contributed by atoms with E-state index < -0.39 is 0 Å². The molecular formula is C22H25N3O4S2. The largest absolute Gasteiger partial charge is 0.495 e. The Bertz CT molecular complexity index is 1160. The number of nitrogens with zero attached hydrogens (tertiary/aromatic N) is 2. The molecule has 7 nitrogen and oxygen atoms in total. The summed E-state index contributed by atoms with van der Waals surface area (Å²) in [5, 5.41) is 4.20. The molecule has 1 amide bonds. The number of anilines is 1. The van der Waals surface area contributed by atoms with Crippen molar-refractivity contribution < 1.29 is 14.3 Å². The van der Waals surface area contributed by atoms with Crippen LogP contribution in [0.15, 0.2) is 34.2 Å². The summed E-state index contributed by atoms with van der Waals surface area (Å²) in [6, 6.07) is 7.27. The van der Waals surface area contributed by atoms with Gasteiger partial charge >= 0.3 is 0 Å². The van der Waals surface area contributed by atoms with E-state index >= 15 is 0 Å². The number of rotatable bonds is 9. The second kappa shape index (κ2) is 9.84. The highest BCUT2D eigenvalue weighted by Gasteiger charge is 2.23. The minimum atomic E-state index is -0.180. The van der Waals surface area contributed by atoms with Crippen LogP contribution in [-0.4, -0.2) is 42.0 Å². The van der Waals surface area contributed by atoms with E-state index in [0.29, 0.717) is 36.2 Å². The first-order chi connectivity index (χ1) is 15.1. The highest BCUT2D eigenvalue weighted by molar-refractivity contribution is 7.99. The summed E-state index contributed by atoms with van der Waals surface area (Å²) < 4.78 is 12.1. The van der Waals surface area contributed by atoms with Gasteiger partial charge in [0.1, 0.15) is 10.6 Å². The number of thioether (sulfide) groups is 1. The van der Waals surface area contributed by atoms with Crippen LogP contribution in [0.4, 0.5) is 5.69 Å². The number of hydrogen-bond acceptors (Lipinski definition) is 7. The summed E-state index contributed by atoms with van der Waals surface area (Å²) >= 11 is 2.89. The Balaban J connectivity index is 1.57. The molecule has 0 aliphatic heterocycles. The van der Waals surface area contributed by atoms with Crippen molar-refractivity contribution in [3.05, 3.63) is 45.1 Å². The molecule has 0 saturated heterocycles. The van der Waals surface area contributed by atoms with E-state index in [1.807, 2.05) is 12.1 Å². The third kappa shape index (κ3) is 4.63. The van der Waals surface area contributed by atoms with Gasteiger partial charge in [0, 0.05) is 25.1 Å². The first kappa shape index (κ1) is 21.9. The van der Waals surface area contributed by atoms with Crippen molar-refractivity contribution >= 4 is 44.9 Å². The minimum absolute atomic E-state index is 0.00635. The summed E-state index contributed by atoms with van der Waals surface area (Å²) in [6.07, 6.45) is 3.76. The number of hydrogen-bond donors (Lipinski definition) is 1. The number of carbonyl (C=O) groups is 1.